The van der Waals surface area contributed by atoms with E-state index in [0.29, 0.717) is 12.5 Å². The Morgan fingerprint density at radius 3 is 2.31 bits per heavy atom. The highest BCUT2D eigenvalue weighted by atomic mass is 19.1. The molecule has 26 heavy (non-hydrogen) atoms. The van der Waals surface area contributed by atoms with E-state index in [1.54, 1.807) is 0 Å². The van der Waals surface area contributed by atoms with Crippen molar-refractivity contribution < 1.29 is 33.7 Å². The van der Waals surface area contributed by atoms with Crippen LogP contribution in [0.5, 0.6) is 0 Å². The highest BCUT2D eigenvalue weighted by Crippen LogP contribution is 2.23. The molecule has 144 valence electrons. The maximum atomic E-state index is 13.1. The zero-order chi connectivity index (χ0) is 19.3. The molecule has 0 saturated carbocycles. The van der Waals surface area contributed by atoms with Gasteiger partial charge in [-0.25, -0.2) is 13.6 Å². The number of carbonyl (C=O) groups excluding carboxylic acids is 1. The van der Waals surface area contributed by atoms with Gasteiger partial charge in [-0.1, -0.05) is 0 Å². The third kappa shape index (κ3) is 5.12. The van der Waals surface area contributed by atoms with Crippen LogP contribution in [0.3, 0.4) is 0 Å². The van der Waals surface area contributed by atoms with Crippen molar-refractivity contribution in [3.05, 3.63) is 35.4 Å². The number of hydrogen-bond acceptors (Lipinski definition) is 4. The summed E-state index contributed by atoms with van der Waals surface area (Å²) in [6.45, 7) is 0.310. The number of halogens is 2. The Bertz CT molecular complexity index is 642. The summed E-state index contributed by atoms with van der Waals surface area (Å²) < 4.78 is 26.3. The van der Waals surface area contributed by atoms with Crippen molar-refractivity contribution >= 4 is 12.0 Å². The Morgan fingerprint density at radius 2 is 1.77 bits per heavy atom. The van der Waals surface area contributed by atoms with Gasteiger partial charge < -0.3 is 25.5 Å². The zero-order valence-corrected chi connectivity index (χ0v) is 14.1. The molecule has 1 aromatic carbocycles. The molecule has 0 aliphatic carbocycles. The number of likely N-dealkylation sites (tertiary alicyclic amines) is 1. The molecule has 0 spiro atoms. The van der Waals surface area contributed by atoms with Crippen LogP contribution in [0.2, 0.25) is 0 Å². The van der Waals surface area contributed by atoms with E-state index in [0.717, 1.165) is 17.0 Å². The first kappa shape index (κ1) is 20.1. The molecule has 4 N–H and O–H groups in total. The quantitative estimate of drug-likeness (QED) is 0.564. The van der Waals surface area contributed by atoms with Crippen LogP contribution in [-0.4, -0.2) is 57.5 Å². The number of piperidine rings is 1. The molecule has 0 aromatic heterocycles. The summed E-state index contributed by atoms with van der Waals surface area (Å²) in [7, 11) is 0. The van der Waals surface area contributed by atoms with Gasteiger partial charge in [-0.15, -0.1) is 0 Å². The fourth-order valence-corrected chi connectivity index (χ4v) is 2.89. The molecule has 1 fully saturated rings. The van der Waals surface area contributed by atoms with Gasteiger partial charge in [-0.2, -0.15) is 0 Å². The average molecular weight is 372 g/mol. The third-order valence-corrected chi connectivity index (χ3v) is 4.49. The molecule has 2 rings (SSSR count). The fraction of sp³-hybridized carbons (Fsp3) is 0.529. The molecule has 7 nitrogen and oxygen atoms in total. The van der Waals surface area contributed by atoms with Crippen molar-refractivity contribution in [2.24, 2.45) is 0 Å². The van der Waals surface area contributed by atoms with Crippen molar-refractivity contribution in [2.45, 2.75) is 37.4 Å². The number of carbonyl (C=O) groups is 2. The molecule has 1 saturated heterocycles. The maximum Gasteiger partial charge on any atom is 0.407 e. The third-order valence-electron chi connectivity index (χ3n) is 4.49. The SMILES string of the molecule is O=C(O)N1CCC(O)(C(=O)NCCC[C@H](O)c2cc(F)cc(F)c2)CC1. The lowest BCUT2D eigenvalue weighted by molar-refractivity contribution is -0.144. The van der Waals surface area contributed by atoms with Crippen LogP contribution in [0.1, 0.15) is 37.4 Å². The molecule has 1 aliphatic heterocycles. The summed E-state index contributed by atoms with van der Waals surface area (Å²) in [5.41, 5.74) is -1.50. The number of hydrogen-bond donors (Lipinski definition) is 4. The minimum absolute atomic E-state index is 0.0102. The molecule has 0 unspecified atom stereocenters. The smallest absolute Gasteiger partial charge is 0.407 e. The molecule has 1 aromatic rings. The summed E-state index contributed by atoms with van der Waals surface area (Å²) in [6, 6.07) is 2.81. The molecule has 1 aliphatic rings. The van der Waals surface area contributed by atoms with Crippen LogP contribution in [0, 0.1) is 11.6 Å². The van der Waals surface area contributed by atoms with E-state index in [4.69, 9.17) is 5.11 Å². The molecule has 9 heteroatoms. The number of carboxylic acid groups (broad SMARTS) is 1. The van der Waals surface area contributed by atoms with Gasteiger partial charge in [0.2, 0.25) is 0 Å². The van der Waals surface area contributed by atoms with Crippen LogP contribution in [0.4, 0.5) is 13.6 Å². The van der Waals surface area contributed by atoms with Gasteiger partial charge in [0.05, 0.1) is 6.10 Å². The van der Waals surface area contributed by atoms with Crippen LogP contribution in [0.15, 0.2) is 18.2 Å². The number of nitrogens with zero attached hydrogens (tertiary/aromatic N) is 1. The van der Waals surface area contributed by atoms with E-state index in [1.165, 1.54) is 0 Å². The Kier molecular flexibility index (Phi) is 6.49. The summed E-state index contributed by atoms with van der Waals surface area (Å²) in [5.74, 6) is -2.14. The second-order valence-electron chi connectivity index (χ2n) is 6.42. The van der Waals surface area contributed by atoms with Gasteiger partial charge in [0, 0.05) is 38.5 Å². The Labute approximate surface area is 149 Å². The number of aliphatic hydroxyl groups is 2. The molecule has 0 bridgehead atoms. The van der Waals surface area contributed by atoms with Crippen LogP contribution < -0.4 is 5.32 Å². The Hall–Kier alpha value is -2.26. The average Bonchev–Trinajstić information content (AvgIpc) is 2.57. The van der Waals surface area contributed by atoms with Crippen LogP contribution >= 0.6 is 0 Å². The lowest BCUT2D eigenvalue weighted by Crippen LogP contribution is -2.54. The summed E-state index contributed by atoms with van der Waals surface area (Å²) in [6.07, 6.45) is -1.63. The van der Waals surface area contributed by atoms with E-state index in [9.17, 15) is 28.6 Å². The Balaban J connectivity index is 1.75. The van der Waals surface area contributed by atoms with Crippen molar-refractivity contribution in [1.82, 2.24) is 10.2 Å². The molecule has 1 atom stereocenters. The lowest BCUT2D eigenvalue weighted by Gasteiger charge is -2.35. The molecule has 2 amide bonds. The second-order valence-corrected chi connectivity index (χ2v) is 6.42. The topological polar surface area (TPSA) is 110 Å². The predicted molar refractivity (Wildman–Crippen MR) is 87.3 cm³/mol. The van der Waals surface area contributed by atoms with Crippen molar-refractivity contribution in [1.29, 1.82) is 0 Å². The van der Waals surface area contributed by atoms with Crippen LogP contribution in [-0.2, 0) is 4.79 Å². The first-order chi connectivity index (χ1) is 12.2. The van der Waals surface area contributed by atoms with Gasteiger partial charge in [0.1, 0.15) is 17.2 Å². The van der Waals surface area contributed by atoms with Crippen LogP contribution in [0.25, 0.3) is 0 Å². The summed E-state index contributed by atoms with van der Waals surface area (Å²) >= 11 is 0. The summed E-state index contributed by atoms with van der Waals surface area (Å²) in [4.78, 5) is 24.1. The molecule has 1 heterocycles. The number of rotatable bonds is 6. The standard InChI is InChI=1S/C17H22F2N2O5/c18-12-8-11(9-13(19)10-12)14(22)2-1-5-20-15(23)17(26)3-6-21(7-4-17)16(24)25/h8-10,14,22,26H,1-7H2,(H,20,23)(H,24,25)/t14-/m0/s1. The predicted octanol–water partition coefficient (Wildman–Crippen LogP) is 1.40. The monoisotopic (exact) mass is 372 g/mol. The van der Waals surface area contributed by atoms with E-state index in [2.05, 4.69) is 5.32 Å². The highest BCUT2D eigenvalue weighted by molar-refractivity contribution is 5.85. The minimum Gasteiger partial charge on any atom is -0.465 e. The number of benzene rings is 1. The minimum atomic E-state index is -1.61. The van der Waals surface area contributed by atoms with E-state index >= 15 is 0 Å². The maximum absolute atomic E-state index is 13.1. The van der Waals surface area contributed by atoms with Crippen molar-refractivity contribution in [3.63, 3.8) is 0 Å². The number of amides is 2. The largest absolute Gasteiger partial charge is 0.465 e. The van der Waals surface area contributed by atoms with Crippen molar-refractivity contribution in [2.75, 3.05) is 19.6 Å². The fourth-order valence-electron chi connectivity index (χ4n) is 2.89. The normalized spacial score (nSPS) is 17.6. The van der Waals surface area contributed by atoms with E-state index in [1.807, 2.05) is 0 Å². The van der Waals surface area contributed by atoms with Gasteiger partial charge in [-0.05, 0) is 30.5 Å². The molecule has 0 radical (unpaired) electrons. The number of aliphatic hydroxyl groups excluding tert-OH is 1. The van der Waals surface area contributed by atoms with Gasteiger partial charge in [-0.3, -0.25) is 4.79 Å². The lowest BCUT2D eigenvalue weighted by atomic mass is 9.90. The molecular formula is C17H22F2N2O5. The molecular weight excluding hydrogens is 350 g/mol. The highest BCUT2D eigenvalue weighted by Gasteiger charge is 2.40. The van der Waals surface area contributed by atoms with Gasteiger partial charge in [0.15, 0.2) is 0 Å². The second kappa shape index (κ2) is 8.41. The van der Waals surface area contributed by atoms with E-state index < -0.39 is 35.3 Å². The van der Waals surface area contributed by atoms with Gasteiger partial charge in [0.25, 0.3) is 5.91 Å². The number of nitrogens with one attached hydrogen (secondary N) is 1. The van der Waals surface area contributed by atoms with Gasteiger partial charge >= 0.3 is 6.09 Å². The van der Waals surface area contributed by atoms with E-state index in [-0.39, 0.29) is 44.5 Å². The van der Waals surface area contributed by atoms with Crippen molar-refractivity contribution in [3.8, 4) is 0 Å². The first-order valence-corrected chi connectivity index (χ1v) is 8.34. The Morgan fingerprint density at radius 1 is 1.19 bits per heavy atom. The summed E-state index contributed by atoms with van der Waals surface area (Å²) in [5, 5.41) is 31.7. The first-order valence-electron chi connectivity index (χ1n) is 8.34. The zero-order valence-electron chi connectivity index (χ0n) is 14.1.